The van der Waals surface area contributed by atoms with E-state index in [0.29, 0.717) is 58.0 Å². The van der Waals surface area contributed by atoms with E-state index in [2.05, 4.69) is 26.3 Å². The first-order valence-electron chi connectivity index (χ1n) is 21.7. The van der Waals surface area contributed by atoms with Gasteiger partial charge in [-0.05, 0) is 90.8 Å². The Labute approximate surface area is 367 Å². The first-order valence-corrected chi connectivity index (χ1v) is 21.7. The number of amides is 4. The van der Waals surface area contributed by atoms with Gasteiger partial charge in [-0.3, -0.25) is 19.2 Å². The fourth-order valence-electron chi connectivity index (χ4n) is 8.60. The number of aromatic nitrogens is 2. The van der Waals surface area contributed by atoms with Crippen LogP contribution in [0.25, 0.3) is 21.5 Å². The van der Waals surface area contributed by atoms with Crippen LogP contribution in [0.5, 0.6) is 11.5 Å². The van der Waals surface area contributed by atoms with Crippen molar-refractivity contribution in [2.24, 2.45) is 11.8 Å². The minimum atomic E-state index is -0.485. The van der Waals surface area contributed by atoms with Crippen LogP contribution < -0.4 is 35.5 Å². The quantitative estimate of drug-likeness (QED) is 0.0698. The first-order chi connectivity index (χ1) is 30.7. The van der Waals surface area contributed by atoms with E-state index < -0.39 is 11.8 Å². The predicted molar refractivity (Wildman–Crippen MR) is 244 cm³/mol. The summed E-state index contributed by atoms with van der Waals surface area (Å²) < 4.78 is 11.3. The lowest BCUT2D eigenvalue weighted by molar-refractivity contribution is -0.607. The number of fused-ring (bicyclic) bond motifs is 2. The van der Waals surface area contributed by atoms with Crippen LogP contribution in [0.2, 0.25) is 0 Å². The summed E-state index contributed by atoms with van der Waals surface area (Å²) in [6.45, 7) is 1.18. The molecule has 6 aromatic rings. The highest BCUT2D eigenvalue weighted by Crippen LogP contribution is 2.31. The van der Waals surface area contributed by atoms with Gasteiger partial charge in [-0.1, -0.05) is 87.1 Å². The van der Waals surface area contributed by atoms with E-state index in [1.807, 2.05) is 48.5 Å². The van der Waals surface area contributed by atoms with Crippen LogP contribution in [0, 0.1) is 17.0 Å². The van der Waals surface area contributed by atoms with E-state index in [1.54, 1.807) is 62.9 Å². The van der Waals surface area contributed by atoms with Crippen molar-refractivity contribution in [2.75, 3.05) is 37.9 Å². The molecule has 2 fully saturated rings. The van der Waals surface area contributed by atoms with Gasteiger partial charge in [0.15, 0.2) is 11.9 Å². The van der Waals surface area contributed by atoms with E-state index in [0.717, 1.165) is 47.2 Å². The van der Waals surface area contributed by atoms with Gasteiger partial charge in [-0.15, -0.1) is 0 Å². The minimum Gasteiger partial charge on any atom is -0.618 e. The normalized spacial score (nSPS) is 14.2. The zero-order chi connectivity index (χ0) is 44.1. The summed E-state index contributed by atoms with van der Waals surface area (Å²) >= 11 is 0. The van der Waals surface area contributed by atoms with Gasteiger partial charge in [0.25, 0.3) is 17.7 Å². The third-order valence-corrected chi connectivity index (χ3v) is 11.9. The van der Waals surface area contributed by atoms with Crippen molar-refractivity contribution in [1.29, 1.82) is 0 Å². The summed E-state index contributed by atoms with van der Waals surface area (Å²) in [5.41, 5.74) is 1.62. The highest BCUT2D eigenvalue weighted by Gasteiger charge is 2.26. The van der Waals surface area contributed by atoms with Crippen molar-refractivity contribution in [2.45, 2.75) is 64.2 Å². The highest BCUT2D eigenvalue weighted by molar-refractivity contribution is 6.16. The van der Waals surface area contributed by atoms with Gasteiger partial charge in [-0.25, -0.2) is 4.98 Å². The second-order valence-electron chi connectivity index (χ2n) is 16.1. The molecule has 0 bridgehead atoms. The first kappa shape index (κ1) is 44.0. The molecule has 0 spiro atoms. The lowest BCUT2D eigenvalue weighted by Gasteiger charge is -2.21. The number of methoxy groups -OCH3 is 2. The summed E-state index contributed by atoms with van der Waals surface area (Å²) in [7, 11) is 3.19. The number of hydrogen-bond donors (Lipinski definition) is 4. The molecule has 0 unspecified atom stereocenters. The topological polar surface area (TPSA) is 175 Å². The monoisotopic (exact) mass is 850 g/mol. The average Bonchev–Trinajstić information content (AvgIpc) is 3.32. The Bertz CT molecular complexity index is 2590. The lowest BCUT2D eigenvalue weighted by Crippen LogP contribution is -2.42. The number of nitrogens with zero attached hydrogens (tertiary/aromatic N) is 2. The molecule has 63 heavy (non-hydrogen) atoms. The molecule has 13 heteroatoms. The number of anilines is 2. The van der Waals surface area contributed by atoms with E-state index in [9.17, 15) is 24.4 Å². The number of ether oxygens (including phenoxy) is 2. The largest absolute Gasteiger partial charge is 0.618 e. The summed E-state index contributed by atoms with van der Waals surface area (Å²) in [5.74, 6) is 0.866. The van der Waals surface area contributed by atoms with Crippen LogP contribution in [0.1, 0.15) is 106 Å². The summed E-state index contributed by atoms with van der Waals surface area (Å²) in [6.07, 6.45) is 14.6. The third kappa shape index (κ3) is 10.7. The Kier molecular flexibility index (Phi) is 14.8. The average molecular weight is 851 g/mol. The van der Waals surface area contributed by atoms with Crippen LogP contribution in [-0.4, -0.2) is 55.9 Å². The van der Waals surface area contributed by atoms with Crippen molar-refractivity contribution >= 4 is 56.5 Å². The van der Waals surface area contributed by atoms with E-state index in [-0.39, 0.29) is 28.9 Å². The Hall–Kier alpha value is -7.02. The number of nitrogens with one attached hydrogen (secondary N) is 4. The number of pyridine rings is 2. The molecular formula is C50H54N6O7. The highest BCUT2D eigenvalue weighted by atomic mass is 16.5. The maximum absolute atomic E-state index is 13.1. The van der Waals surface area contributed by atoms with Gasteiger partial charge in [0.1, 0.15) is 17.2 Å². The Balaban J connectivity index is 0.000000189. The molecule has 4 aromatic carbocycles. The number of rotatable bonds is 12. The summed E-state index contributed by atoms with van der Waals surface area (Å²) in [5, 5.41) is 27.1. The predicted octanol–water partition coefficient (Wildman–Crippen LogP) is 8.85. The molecule has 4 amide bonds. The molecule has 4 N–H and O–H groups in total. The lowest BCUT2D eigenvalue weighted by atomic mass is 9.89. The van der Waals surface area contributed by atoms with Crippen LogP contribution in [-0.2, 0) is 0 Å². The Morgan fingerprint density at radius 2 is 1.05 bits per heavy atom. The van der Waals surface area contributed by atoms with Crippen molar-refractivity contribution in [3.8, 4) is 11.5 Å². The van der Waals surface area contributed by atoms with Crippen LogP contribution in [0.15, 0.2) is 109 Å². The van der Waals surface area contributed by atoms with Gasteiger partial charge in [0, 0.05) is 47.3 Å². The zero-order valence-electron chi connectivity index (χ0n) is 35.8. The maximum Gasteiger partial charge on any atom is 0.319 e. The van der Waals surface area contributed by atoms with Gasteiger partial charge in [0.2, 0.25) is 0 Å². The molecular weight excluding hydrogens is 797 g/mol. The molecule has 13 nitrogen and oxygen atoms in total. The van der Waals surface area contributed by atoms with Gasteiger partial charge in [0.05, 0.1) is 19.9 Å². The van der Waals surface area contributed by atoms with Crippen LogP contribution >= 0.6 is 0 Å². The Morgan fingerprint density at radius 3 is 1.57 bits per heavy atom. The van der Waals surface area contributed by atoms with Crippen molar-refractivity contribution < 1.29 is 33.4 Å². The van der Waals surface area contributed by atoms with E-state index in [4.69, 9.17) is 9.47 Å². The zero-order valence-corrected chi connectivity index (χ0v) is 35.8. The van der Waals surface area contributed by atoms with Gasteiger partial charge >= 0.3 is 11.6 Å². The standard InChI is InChI=1S/C25H27N3O4.C25H27N3O3/c1-32-22-14-13-20(18-10-5-6-11-19(18)22)24(29)27-21-12-7-15-28(31)23(21)25(30)26-16-17-8-3-2-4-9-17;1-31-22-14-13-20(18-10-5-6-11-19(18)22)24(29)28-21-12-7-15-26-23(21)25(30)27-16-17-8-3-2-4-9-17/h5-7,10-15,17H,2-4,8-9,16H2,1H3,(H,26,30)(H,27,29);5-7,10-15,17H,2-4,8-9,16H2,1H3,(H,27,30)(H,28,29). The molecule has 0 saturated heterocycles. The number of hydrogen-bond acceptors (Lipinski definition) is 8. The molecule has 2 aromatic heterocycles. The van der Waals surface area contributed by atoms with Crippen molar-refractivity contribution in [1.82, 2.24) is 15.6 Å². The molecule has 2 aliphatic rings. The summed E-state index contributed by atoms with van der Waals surface area (Å²) in [4.78, 5) is 56.1. The number of carbonyl (C=O) groups is 4. The third-order valence-electron chi connectivity index (χ3n) is 11.9. The Morgan fingerprint density at radius 1 is 0.571 bits per heavy atom. The smallest absolute Gasteiger partial charge is 0.319 e. The van der Waals surface area contributed by atoms with Crippen LogP contribution in [0.3, 0.4) is 0 Å². The maximum atomic E-state index is 13.1. The second kappa shape index (κ2) is 21.2. The van der Waals surface area contributed by atoms with E-state index in [1.165, 1.54) is 50.8 Å². The fourth-order valence-corrected chi connectivity index (χ4v) is 8.60. The number of benzene rings is 4. The van der Waals surface area contributed by atoms with E-state index >= 15 is 0 Å². The molecule has 0 radical (unpaired) electrons. The fraction of sp³-hybridized carbons (Fsp3) is 0.320. The molecule has 2 saturated carbocycles. The summed E-state index contributed by atoms with van der Waals surface area (Å²) in [6, 6.07) is 28.4. The van der Waals surface area contributed by atoms with Crippen LogP contribution in [0.4, 0.5) is 11.4 Å². The molecule has 0 atom stereocenters. The van der Waals surface area contributed by atoms with Crippen molar-refractivity contribution in [3.63, 3.8) is 0 Å². The molecule has 0 aliphatic heterocycles. The molecule has 2 aliphatic carbocycles. The van der Waals surface area contributed by atoms with Gasteiger partial charge < -0.3 is 35.9 Å². The second-order valence-corrected chi connectivity index (χ2v) is 16.1. The molecule has 2 heterocycles. The SMILES string of the molecule is COc1ccc(C(=O)Nc2ccc[n+]([O-])c2C(=O)NCC2CCCCC2)c2ccccc12.COc1ccc(C(=O)Nc2cccnc2C(=O)NCC2CCCCC2)c2ccccc12. The molecule has 8 rings (SSSR count). The van der Waals surface area contributed by atoms with Crippen molar-refractivity contribution in [3.05, 3.63) is 137 Å². The molecule has 326 valence electrons. The van der Waals surface area contributed by atoms with Gasteiger partial charge in [-0.2, -0.15) is 4.73 Å². The number of carbonyl (C=O) groups excluding carboxylic acids is 4. The minimum absolute atomic E-state index is 0.116.